The fourth-order valence-electron chi connectivity index (χ4n) is 3.29. The van der Waals surface area contributed by atoms with Crippen LogP contribution in [0.25, 0.3) is 11.1 Å². The third-order valence-electron chi connectivity index (χ3n) is 4.38. The number of benzene rings is 2. The molecule has 14 heteroatoms. The molecule has 0 amide bonds. The molecule has 0 N–H and O–H groups in total. The topological polar surface area (TPSA) is 0 Å². The molecule has 158 valence electrons. The van der Waals surface area contributed by atoms with Crippen LogP contribution in [0.3, 0.4) is 0 Å². The molecule has 0 spiro atoms. The van der Waals surface area contributed by atoms with E-state index in [2.05, 4.69) is 0 Å². The molecule has 0 radical (unpaired) electrons. The van der Waals surface area contributed by atoms with Crippen LogP contribution < -0.4 is 0 Å². The molecule has 0 bridgehead atoms. The van der Waals surface area contributed by atoms with Crippen molar-refractivity contribution in [2.75, 3.05) is 0 Å². The Bertz CT molecular complexity index is 979. The Labute approximate surface area is 159 Å². The van der Waals surface area contributed by atoms with Gasteiger partial charge >= 0.3 is 12.4 Å². The highest BCUT2D eigenvalue weighted by molar-refractivity contribution is 9.10. The first-order chi connectivity index (χ1) is 13.0. The highest BCUT2D eigenvalue weighted by Crippen LogP contribution is 2.66. The normalized spacial score (nSPS) is 15.5. The molecule has 0 heterocycles. The maximum atomic E-state index is 14.4. The van der Waals surface area contributed by atoms with Crippen molar-refractivity contribution in [2.45, 2.75) is 17.8 Å². The molecule has 1 aliphatic rings. The summed E-state index contributed by atoms with van der Waals surface area (Å²) in [5.41, 5.74) is -16.4. The highest BCUT2D eigenvalue weighted by atomic mass is 79.9. The monoisotopic (exact) mass is 506 g/mol. The molecule has 0 aromatic heterocycles. The van der Waals surface area contributed by atoms with Crippen molar-refractivity contribution in [2.24, 2.45) is 0 Å². The zero-order valence-electron chi connectivity index (χ0n) is 12.8. The Morgan fingerprint density at radius 2 is 0.828 bits per heavy atom. The smallest absolute Gasteiger partial charge is 0.205 e. The lowest BCUT2D eigenvalue weighted by Crippen LogP contribution is -2.54. The zero-order valence-corrected chi connectivity index (χ0v) is 14.4. The molecular weight excluding hydrogens is 507 g/mol. The summed E-state index contributed by atoms with van der Waals surface area (Å²) in [6, 6.07) is 0. The van der Waals surface area contributed by atoms with Crippen molar-refractivity contribution < 1.29 is 57.1 Å². The fourth-order valence-corrected chi connectivity index (χ4v) is 3.66. The van der Waals surface area contributed by atoms with Gasteiger partial charge in [-0.2, -0.15) is 26.3 Å². The lowest BCUT2D eigenvalue weighted by Gasteiger charge is -2.36. The number of fused-ring (bicyclic) bond motifs is 3. The van der Waals surface area contributed by atoms with E-state index in [9.17, 15) is 57.1 Å². The maximum Gasteiger partial charge on any atom is 0.411 e. The van der Waals surface area contributed by atoms with Gasteiger partial charge in [-0.3, -0.25) is 0 Å². The number of hydrogen-bond acceptors (Lipinski definition) is 0. The van der Waals surface area contributed by atoms with Gasteiger partial charge in [0, 0.05) is 22.3 Å². The molecule has 0 atom stereocenters. The van der Waals surface area contributed by atoms with Gasteiger partial charge in [0.25, 0.3) is 0 Å². The molecule has 0 saturated heterocycles. The first-order valence-corrected chi connectivity index (χ1v) is 7.69. The lowest BCUT2D eigenvalue weighted by molar-refractivity contribution is -0.288. The van der Waals surface area contributed by atoms with E-state index >= 15 is 0 Å². The van der Waals surface area contributed by atoms with Crippen molar-refractivity contribution in [1.29, 1.82) is 0 Å². The number of hydrogen-bond donors (Lipinski definition) is 0. The molecule has 0 nitrogen and oxygen atoms in total. The van der Waals surface area contributed by atoms with Crippen LogP contribution in [-0.2, 0) is 5.41 Å². The molecule has 29 heavy (non-hydrogen) atoms. The van der Waals surface area contributed by atoms with Gasteiger partial charge in [0.05, 0.1) is 4.47 Å². The number of halogens is 14. The van der Waals surface area contributed by atoms with Crippen LogP contribution in [0.5, 0.6) is 0 Å². The minimum atomic E-state index is -6.78. The van der Waals surface area contributed by atoms with E-state index in [0.717, 1.165) is 0 Å². The minimum Gasteiger partial charge on any atom is -0.205 e. The lowest BCUT2D eigenvalue weighted by atomic mass is 9.76. The van der Waals surface area contributed by atoms with Gasteiger partial charge in [0.2, 0.25) is 5.41 Å². The summed E-state index contributed by atoms with van der Waals surface area (Å²) in [6.45, 7) is 0. The molecule has 3 rings (SSSR count). The van der Waals surface area contributed by atoms with Gasteiger partial charge < -0.3 is 0 Å². The summed E-state index contributed by atoms with van der Waals surface area (Å²) in [5.74, 6) is -19.9. The number of rotatable bonds is 0. The van der Waals surface area contributed by atoms with Crippen LogP contribution in [-0.4, -0.2) is 12.4 Å². The first-order valence-electron chi connectivity index (χ1n) is 6.90. The minimum absolute atomic E-state index is 1.86. The van der Waals surface area contributed by atoms with E-state index in [1.807, 2.05) is 15.9 Å². The average molecular weight is 507 g/mol. The predicted octanol–water partition coefficient (Wildman–Crippen LogP) is 6.81. The van der Waals surface area contributed by atoms with E-state index in [4.69, 9.17) is 0 Å². The molecule has 1 aliphatic carbocycles. The van der Waals surface area contributed by atoms with Crippen LogP contribution >= 0.6 is 15.9 Å². The summed E-state index contributed by atoms with van der Waals surface area (Å²) in [6.07, 6.45) is -13.6. The van der Waals surface area contributed by atoms with Crippen LogP contribution in [0.1, 0.15) is 11.1 Å². The third-order valence-corrected chi connectivity index (χ3v) is 5.08. The summed E-state index contributed by atoms with van der Waals surface area (Å²) >= 11 is 1.92. The van der Waals surface area contributed by atoms with Crippen LogP contribution in [0.15, 0.2) is 4.47 Å². The molecule has 0 unspecified atom stereocenters. The van der Waals surface area contributed by atoms with E-state index in [1.54, 1.807) is 0 Å². The quantitative estimate of drug-likeness (QED) is 0.209. The Hall–Kier alpha value is -1.99. The van der Waals surface area contributed by atoms with E-state index in [0.29, 0.717) is 0 Å². The second-order valence-electron chi connectivity index (χ2n) is 5.76. The number of alkyl halides is 6. The standard InChI is InChI=1S/C15BrF13/c16-5-8(19)3-1(6(17)10(5)21)2-4(9(20)12(23)11(22)7(2)18)13(3,14(24,25)26)15(27,28)29. The van der Waals surface area contributed by atoms with Gasteiger partial charge in [-0.1, -0.05) is 0 Å². The maximum absolute atomic E-state index is 14.4. The second-order valence-corrected chi connectivity index (χ2v) is 6.55. The molecule has 0 fully saturated rings. The third kappa shape index (κ3) is 2.34. The Morgan fingerprint density at radius 1 is 0.483 bits per heavy atom. The van der Waals surface area contributed by atoms with Gasteiger partial charge in [0.1, 0.15) is 5.82 Å². The molecular formula is C15BrF13. The van der Waals surface area contributed by atoms with Gasteiger partial charge in [-0.25, -0.2) is 30.7 Å². The van der Waals surface area contributed by atoms with Gasteiger partial charge in [-0.05, 0) is 15.9 Å². The summed E-state index contributed by atoms with van der Waals surface area (Å²) in [5, 5.41) is 0. The van der Waals surface area contributed by atoms with E-state index in [-0.39, 0.29) is 0 Å². The van der Waals surface area contributed by atoms with Crippen molar-refractivity contribution in [1.82, 2.24) is 0 Å². The summed E-state index contributed by atoms with van der Waals surface area (Å²) in [7, 11) is 0. The van der Waals surface area contributed by atoms with E-state index in [1.165, 1.54) is 0 Å². The van der Waals surface area contributed by atoms with Crippen LogP contribution in [0, 0.1) is 40.7 Å². The highest BCUT2D eigenvalue weighted by Gasteiger charge is 2.78. The van der Waals surface area contributed by atoms with E-state index < -0.39 is 85.2 Å². The predicted molar refractivity (Wildman–Crippen MR) is 72.2 cm³/mol. The second kappa shape index (κ2) is 6.01. The van der Waals surface area contributed by atoms with Crippen molar-refractivity contribution in [3.8, 4) is 11.1 Å². The van der Waals surface area contributed by atoms with Crippen molar-refractivity contribution in [3.63, 3.8) is 0 Å². The average Bonchev–Trinajstić information content (AvgIpc) is 2.94. The van der Waals surface area contributed by atoms with Gasteiger partial charge in [-0.15, -0.1) is 0 Å². The molecule has 2 aromatic rings. The Kier molecular flexibility index (Phi) is 4.50. The largest absolute Gasteiger partial charge is 0.411 e. The molecule has 2 aromatic carbocycles. The molecule has 0 saturated carbocycles. The van der Waals surface area contributed by atoms with Gasteiger partial charge in [0.15, 0.2) is 34.9 Å². The Morgan fingerprint density at radius 3 is 1.24 bits per heavy atom. The fraction of sp³-hybridized carbons (Fsp3) is 0.200. The Balaban J connectivity index is 2.82. The van der Waals surface area contributed by atoms with Crippen LogP contribution in [0.2, 0.25) is 0 Å². The van der Waals surface area contributed by atoms with Crippen LogP contribution in [0.4, 0.5) is 57.1 Å². The SMILES string of the molecule is Fc1c(F)c(F)c2c(c1F)-c1c(F)c(F)c(Br)c(F)c1C2(C(F)(F)F)C(F)(F)F. The van der Waals surface area contributed by atoms with Crippen molar-refractivity contribution >= 4 is 15.9 Å². The molecule has 0 aliphatic heterocycles. The summed E-state index contributed by atoms with van der Waals surface area (Å²) < 4.78 is 178. The first kappa shape index (κ1) is 21.7. The van der Waals surface area contributed by atoms with Crippen molar-refractivity contribution in [3.05, 3.63) is 56.3 Å². The summed E-state index contributed by atoms with van der Waals surface area (Å²) in [4.78, 5) is 0. The zero-order chi connectivity index (χ0) is 22.4.